The summed E-state index contributed by atoms with van der Waals surface area (Å²) in [5, 5.41) is 4.62. The van der Waals surface area contributed by atoms with Gasteiger partial charge in [-0.3, -0.25) is 14.4 Å². The van der Waals surface area contributed by atoms with Crippen LogP contribution in [0.3, 0.4) is 0 Å². The van der Waals surface area contributed by atoms with Crippen LogP contribution in [0.4, 0.5) is 0 Å². The van der Waals surface area contributed by atoms with Gasteiger partial charge in [-0.15, -0.1) is 0 Å². The Morgan fingerprint density at radius 1 is 1.00 bits per heavy atom. The minimum atomic E-state index is -0.792. The van der Waals surface area contributed by atoms with Gasteiger partial charge in [0.05, 0.1) is 18.5 Å². The van der Waals surface area contributed by atoms with Gasteiger partial charge in [0.15, 0.2) is 0 Å². The van der Waals surface area contributed by atoms with Crippen molar-refractivity contribution in [3.63, 3.8) is 0 Å². The van der Waals surface area contributed by atoms with Crippen LogP contribution in [-0.4, -0.2) is 22.9 Å². The van der Waals surface area contributed by atoms with Crippen LogP contribution in [0.5, 0.6) is 0 Å². The molecule has 0 aliphatic carbocycles. The van der Waals surface area contributed by atoms with Crippen LogP contribution in [0.1, 0.15) is 21.6 Å². The molecular formula is C27H21ClN2O5. The van der Waals surface area contributed by atoms with Crippen LogP contribution in [0.15, 0.2) is 77.6 Å². The number of pyridine rings is 1. The predicted molar refractivity (Wildman–Crippen MR) is 133 cm³/mol. The number of nitrogens with zero attached hydrogens (tertiary/aromatic N) is 1. The normalized spacial score (nSPS) is 10.7. The van der Waals surface area contributed by atoms with E-state index >= 15 is 0 Å². The molecule has 1 aromatic heterocycles. The molecule has 1 amide bonds. The molecule has 0 saturated carbocycles. The maximum absolute atomic E-state index is 13.1. The molecule has 0 spiro atoms. The van der Waals surface area contributed by atoms with Crippen molar-refractivity contribution >= 4 is 40.7 Å². The number of amides is 1. The van der Waals surface area contributed by atoms with Crippen LogP contribution in [0.2, 0.25) is 5.02 Å². The van der Waals surface area contributed by atoms with E-state index in [9.17, 15) is 19.2 Å². The Morgan fingerprint density at radius 3 is 2.51 bits per heavy atom. The number of carbonyl (C=O) groups is 3. The third kappa shape index (κ3) is 5.15. The molecule has 0 bridgehead atoms. The van der Waals surface area contributed by atoms with Gasteiger partial charge in [0, 0.05) is 28.7 Å². The number of hydrogen-bond acceptors (Lipinski definition) is 5. The summed E-state index contributed by atoms with van der Waals surface area (Å²) in [6.45, 7) is 0.164. The Morgan fingerprint density at radius 2 is 1.77 bits per heavy atom. The molecule has 7 nitrogen and oxygen atoms in total. The van der Waals surface area contributed by atoms with Crippen molar-refractivity contribution in [2.75, 3.05) is 0 Å². The fraction of sp³-hybridized carbons (Fsp3) is 0.111. The molecule has 4 rings (SSSR count). The molecule has 4 aromatic rings. The second-order valence-corrected chi connectivity index (χ2v) is 8.33. The smallest absolute Gasteiger partial charge is 0.345 e. The number of fused-ring (bicyclic) bond motifs is 1. The standard InChI is InChI=1S/C27H21ClN2O5/c1-30-23(15-29-24(32)13-17-6-5-9-19(12-17)27(34)35-16-31)25(18-7-3-2-4-8-18)22-14-20(28)10-11-21(22)26(30)33/h2-12,14,16H,13,15H2,1H3,(H,29,32). The molecule has 0 unspecified atom stereocenters. The number of hydrogen-bond donors (Lipinski definition) is 1. The maximum Gasteiger partial charge on any atom is 0.345 e. The third-order valence-electron chi connectivity index (χ3n) is 5.68. The van der Waals surface area contributed by atoms with Crippen LogP contribution in [-0.2, 0) is 34.3 Å². The number of carbonyl (C=O) groups excluding carboxylic acids is 3. The Hall–Kier alpha value is -4.23. The van der Waals surface area contributed by atoms with Crippen molar-refractivity contribution < 1.29 is 19.1 Å². The molecule has 0 atom stereocenters. The lowest BCUT2D eigenvalue weighted by Gasteiger charge is -2.18. The van der Waals surface area contributed by atoms with Crippen LogP contribution in [0.25, 0.3) is 21.9 Å². The summed E-state index contributed by atoms with van der Waals surface area (Å²) in [7, 11) is 1.67. The summed E-state index contributed by atoms with van der Waals surface area (Å²) in [6, 6.07) is 21.0. The lowest BCUT2D eigenvalue weighted by molar-refractivity contribution is -0.124. The second-order valence-electron chi connectivity index (χ2n) is 7.90. The Kier molecular flexibility index (Phi) is 7.08. The highest BCUT2D eigenvalue weighted by atomic mass is 35.5. The summed E-state index contributed by atoms with van der Waals surface area (Å²) >= 11 is 6.26. The zero-order valence-corrected chi connectivity index (χ0v) is 19.5. The minimum Gasteiger partial charge on any atom is -0.392 e. The molecular weight excluding hydrogens is 468 g/mol. The van der Waals surface area contributed by atoms with Gasteiger partial charge in [0.2, 0.25) is 5.91 Å². The van der Waals surface area contributed by atoms with E-state index in [1.807, 2.05) is 30.3 Å². The second kappa shape index (κ2) is 10.4. The largest absolute Gasteiger partial charge is 0.392 e. The number of nitrogens with one attached hydrogen (secondary N) is 1. The molecule has 0 fully saturated rings. The van der Waals surface area contributed by atoms with Gasteiger partial charge < -0.3 is 14.6 Å². The molecule has 0 aliphatic heterocycles. The lowest BCUT2D eigenvalue weighted by atomic mass is 9.96. The highest BCUT2D eigenvalue weighted by molar-refractivity contribution is 6.31. The van der Waals surface area contributed by atoms with Crippen molar-refractivity contribution in [3.8, 4) is 11.1 Å². The van der Waals surface area contributed by atoms with Crippen molar-refractivity contribution in [1.29, 1.82) is 0 Å². The predicted octanol–water partition coefficient (Wildman–Crippen LogP) is 4.03. The molecule has 0 saturated heterocycles. The van der Waals surface area contributed by atoms with E-state index in [1.54, 1.807) is 37.4 Å². The SMILES string of the molecule is Cn1c(CNC(=O)Cc2cccc(C(=O)OC=O)c2)c(-c2ccccc2)c2cc(Cl)ccc2c1=O. The fourth-order valence-corrected chi connectivity index (χ4v) is 4.19. The van der Waals surface area contributed by atoms with E-state index in [2.05, 4.69) is 10.1 Å². The summed E-state index contributed by atoms with van der Waals surface area (Å²) in [6.07, 6.45) is -0.00373. The number of aromatic nitrogens is 1. The van der Waals surface area contributed by atoms with E-state index in [-0.39, 0.29) is 36.5 Å². The van der Waals surface area contributed by atoms with Gasteiger partial charge in [-0.25, -0.2) is 4.79 Å². The molecule has 176 valence electrons. The zero-order chi connectivity index (χ0) is 24.9. The monoisotopic (exact) mass is 488 g/mol. The van der Waals surface area contributed by atoms with E-state index in [1.165, 1.54) is 16.7 Å². The summed E-state index contributed by atoms with van der Waals surface area (Å²) in [5.41, 5.74) is 2.88. The van der Waals surface area contributed by atoms with Gasteiger partial charge in [0.25, 0.3) is 5.56 Å². The van der Waals surface area contributed by atoms with Gasteiger partial charge in [0.1, 0.15) is 0 Å². The van der Waals surface area contributed by atoms with E-state index in [0.29, 0.717) is 27.1 Å². The Bertz CT molecular complexity index is 1500. The summed E-state index contributed by atoms with van der Waals surface area (Å²) < 4.78 is 5.89. The van der Waals surface area contributed by atoms with Crippen LogP contribution < -0.4 is 10.9 Å². The highest BCUT2D eigenvalue weighted by Gasteiger charge is 2.18. The molecule has 8 heteroatoms. The highest BCUT2D eigenvalue weighted by Crippen LogP contribution is 2.32. The van der Waals surface area contributed by atoms with Gasteiger partial charge in [-0.2, -0.15) is 0 Å². The fourth-order valence-electron chi connectivity index (χ4n) is 4.02. The number of benzene rings is 3. The average Bonchev–Trinajstić information content (AvgIpc) is 2.86. The van der Waals surface area contributed by atoms with Crippen molar-refractivity contribution in [2.24, 2.45) is 7.05 Å². The minimum absolute atomic E-state index is 0.00373. The van der Waals surface area contributed by atoms with Gasteiger partial charge in [-0.05, 0) is 46.8 Å². The van der Waals surface area contributed by atoms with E-state index in [4.69, 9.17) is 11.6 Å². The van der Waals surface area contributed by atoms with E-state index in [0.717, 1.165) is 11.1 Å². The first-order valence-electron chi connectivity index (χ1n) is 10.8. The first-order chi connectivity index (χ1) is 16.9. The average molecular weight is 489 g/mol. The van der Waals surface area contributed by atoms with Crippen LogP contribution >= 0.6 is 11.6 Å². The van der Waals surface area contributed by atoms with Crippen LogP contribution in [0, 0.1) is 0 Å². The van der Waals surface area contributed by atoms with Gasteiger partial charge >= 0.3 is 12.4 Å². The number of halogens is 1. The van der Waals surface area contributed by atoms with Crippen molar-refractivity contribution in [3.05, 3.63) is 105 Å². The first-order valence-corrected chi connectivity index (χ1v) is 11.1. The molecule has 1 heterocycles. The zero-order valence-electron chi connectivity index (χ0n) is 18.8. The van der Waals surface area contributed by atoms with Crippen molar-refractivity contribution in [1.82, 2.24) is 9.88 Å². The molecule has 35 heavy (non-hydrogen) atoms. The Balaban J connectivity index is 1.66. The molecule has 0 radical (unpaired) electrons. The van der Waals surface area contributed by atoms with E-state index < -0.39 is 5.97 Å². The Labute approximate surface area is 205 Å². The summed E-state index contributed by atoms with van der Waals surface area (Å²) in [4.78, 5) is 48.0. The lowest BCUT2D eigenvalue weighted by Crippen LogP contribution is -2.30. The number of ether oxygens (including phenoxy) is 1. The van der Waals surface area contributed by atoms with Crippen molar-refractivity contribution in [2.45, 2.75) is 13.0 Å². The summed E-state index contributed by atoms with van der Waals surface area (Å²) in [5.74, 6) is -1.09. The topological polar surface area (TPSA) is 94.5 Å². The maximum atomic E-state index is 13.1. The van der Waals surface area contributed by atoms with Gasteiger partial charge in [-0.1, -0.05) is 54.1 Å². The number of rotatable bonds is 7. The first kappa shape index (κ1) is 23.9. The number of esters is 1. The molecule has 3 aromatic carbocycles. The molecule has 0 aliphatic rings. The third-order valence-corrected chi connectivity index (χ3v) is 5.91. The molecule has 1 N–H and O–H groups in total. The quantitative estimate of drug-likeness (QED) is 0.241.